The topological polar surface area (TPSA) is 94.8 Å². The Morgan fingerprint density at radius 2 is 2.15 bits per heavy atom. The number of aromatic nitrogens is 1. The number of β-amino-alcohol motifs (C(OH)–C–C–N with tert-alkyl or cyclic N) is 1. The van der Waals surface area contributed by atoms with Crippen molar-refractivity contribution in [2.75, 3.05) is 33.0 Å². The predicted molar refractivity (Wildman–Crippen MR) is 78.0 cm³/mol. The fourth-order valence-electron chi connectivity index (χ4n) is 1.54. The lowest BCUT2D eigenvalue weighted by Gasteiger charge is -2.27. The monoisotopic (exact) mass is 304 g/mol. The number of hydrogen-bond acceptors (Lipinski definition) is 7. The highest BCUT2D eigenvalue weighted by Gasteiger charge is 2.22. The van der Waals surface area contributed by atoms with Crippen molar-refractivity contribution in [3.63, 3.8) is 0 Å². The Morgan fingerprint density at radius 1 is 1.45 bits per heavy atom. The Labute approximate surface area is 123 Å². The number of aliphatic hydroxyl groups excluding tert-OH is 3. The molecule has 0 saturated carbocycles. The van der Waals surface area contributed by atoms with Gasteiger partial charge in [0, 0.05) is 17.8 Å². The van der Waals surface area contributed by atoms with Crippen molar-refractivity contribution >= 4 is 11.3 Å². The van der Waals surface area contributed by atoms with Crippen molar-refractivity contribution < 1.29 is 20.1 Å². The molecule has 0 aliphatic carbocycles. The number of hydrogen-bond donors (Lipinski definition) is 4. The summed E-state index contributed by atoms with van der Waals surface area (Å²) < 4.78 is 5.42. The van der Waals surface area contributed by atoms with Gasteiger partial charge in [-0.2, -0.15) is 0 Å². The average molecular weight is 304 g/mol. The number of thiazole rings is 1. The maximum atomic E-state index is 9.75. The first-order valence-corrected chi connectivity index (χ1v) is 7.50. The molecule has 0 aliphatic heterocycles. The van der Waals surface area contributed by atoms with E-state index in [2.05, 4.69) is 10.3 Å². The summed E-state index contributed by atoms with van der Waals surface area (Å²) in [4.78, 5) is 5.36. The number of aryl methyl sites for hydroxylation is 1. The largest absolute Gasteiger partial charge is 0.394 e. The van der Waals surface area contributed by atoms with Crippen LogP contribution in [0.1, 0.15) is 17.5 Å². The molecule has 116 valence electrons. The summed E-state index contributed by atoms with van der Waals surface area (Å²) in [6.07, 6.45) is 0.122. The van der Waals surface area contributed by atoms with Crippen molar-refractivity contribution in [1.82, 2.24) is 10.3 Å². The van der Waals surface area contributed by atoms with E-state index in [-0.39, 0.29) is 26.4 Å². The van der Waals surface area contributed by atoms with Crippen LogP contribution in [0.15, 0.2) is 5.51 Å². The Morgan fingerprint density at radius 3 is 2.70 bits per heavy atom. The molecule has 0 spiro atoms. The minimum Gasteiger partial charge on any atom is -0.394 e. The Kier molecular flexibility index (Phi) is 7.57. The van der Waals surface area contributed by atoms with Gasteiger partial charge in [0.15, 0.2) is 0 Å². The summed E-state index contributed by atoms with van der Waals surface area (Å²) in [5.74, 6) is 0. The molecule has 0 aromatic carbocycles. The summed E-state index contributed by atoms with van der Waals surface area (Å²) in [5.41, 5.74) is 2.07. The summed E-state index contributed by atoms with van der Waals surface area (Å²) >= 11 is 1.61. The van der Waals surface area contributed by atoms with Gasteiger partial charge >= 0.3 is 0 Å². The van der Waals surface area contributed by atoms with Crippen LogP contribution in [0.5, 0.6) is 0 Å². The van der Waals surface area contributed by atoms with E-state index in [1.807, 2.05) is 12.4 Å². The second-order valence-corrected chi connectivity index (χ2v) is 6.04. The number of aliphatic hydroxyl groups is 3. The zero-order chi connectivity index (χ0) is 15.0. The van der Waals surface area contributed by atoms with Crippen molar-refractivity contribution in [2.24, 2.45) is 0 Å². The predicted octanol–water partition coefficient (Wildman–Crippen LogP) is -0.296. The molecule has 1 aromatic heterocycles. The van der Waals surface area contributed by atoms with E-state index in [4.69, 9.17) is 14.9 Å². The van der Waals surface area contributed by atoms with Crippen LogP contribution < -0.4 is 5.32 Å². The van der Waals surface area contributed by atoms with Crippen LogP contribution in [0.25, 0.3) is 0 Å². The molecule has 1 rings (SSSR count). The van der Waals surface area contributed by atoms with Gasteiger partial charge in [-0.25, -0.2) is 4.98 Å². The molecular formula is C13H24N2O4S. The Bertz CT molecular complexity index is 382. The van der Waals surface area contributed by atoms with Crippen LogP contribution in [0, 0.1) is 6.92 Å². The van der Waals surface area contributed by atoms with E-state index in [1.165, 1.54) is 4.88 Å². The average Bonchev–Trinajstić information content (AvgIpc) is 2.86. The van der Waals surface area contributed by atoms with Gasteiger partial charge in [-0.05, 0) is 13.8 Å². The first-order valence-electron chi connectivity index (χ1n) is 6.62. The number of rotatable bonds is 10. The van der Waals surface area contributed by atoms with Crippen LogP contribution in [0.4, 0.5) is 0 Å². The van der Waals surface area contributed by atoms with Crippen LogP contribution >= 0.6 is 11.3 Å². The second kappa shape index (κ2) is 8.66. The van der Waals surface area contributed by atoms with E-state index < -0.39 is 11.6 Å². The third-order valence-corrected chi connectivity index (χ3v) is 4.09. The summed E-state index contributed by atoms with van der Waals surface area (Å²) in [6, 6.07) is 0. The smallest absolute Gasteiger partial charge is 0.0897 e. The molecule has 0 amide bonds. The molecule has 0 radical (unpaired) electrons. The molecule has 0 aliphatic rings. The van der Waals surface area contributed by atoms with Crippen LogP contribution in [0.3, 0.4) is 0 Å². The third kappa shape index (κ3) is 5.82. The fraction of sp³-hybridized carbons (Fsp3) is 0.769. The van der Waals surface area contributed by atoms with Crippen molar-refractivity contribution in [3.05, 3.63) is 16.1 Å². The molecule has 6 nitrogen and oxygen atoms in total. The molecule has 1 heterocycles. The zero-order valence-corrected chi connectivity index (χ0v) is 12.8. The van der Waals surface area contributed by atoms with E-state index in [9.17, 15) is 5.11 Å². The highest BCUT2D eigenvalue weighted by atomic mass is 32.1. The third-order valence-electron chi connectivity index (χ3n) is 3.09. The summed E-state index contributed by atoms with van der Waals surface area (Å²) in [7, 11) is 0. The SMILES string of the molecule is Cc1ncsc1CCOCC(O)CNC(C)(CO)CO. The molecule has 4 N–H and O–H groups in total. The minimum absolute atomic E-state index is 0.193. The summed E-state index contributed by atoms with van der Waals surface area (Å²) in [5, 5.41) is 30.9. The van der Waals surface area contributed by atoms with Gasteiger partial charge in [0.1, 0.15) is 0 Å². The first-order chi connectivity index (χ1) is 9.50. The highest BCUT2D eigenvalue weighted by Crippen LogP contribution is 2.12. The van der Waals surface area contributed by atoms with Gasteiger partial charge in [0.05, 0.1) is 49.3 Å². The van der Waals surface area contributed by atoms with Crippen LogP contribution in [-0.4, -0.2) is 64.9 Å². The fourth-order valence-corrected chi connectivity index (χ4v) is 2.30. The maximum absolute atomic E-state index is 9.75. The molecule has 0 fully saturated rings. The van der Waals surface area contributed by atoms with Gasteiger partial charge in [-0.15, -0.1) is 11.3 Å². The quantitative estimate of drug-likeness (QED) is 0.444. The summed E-state index contributed by atoms with van der Waals surface area (Å²) in [6.45, 7) is 4.29. The van der Waals surface area contributed by atoms with Gasteiger partial charge < -0.3 is 25.4 Å². The lowest BCUT2D eigenvalue weighted by atomic mass is 10.1. The van der Waals surface area contributed by atoms with Gasteiger partial charge in [-0.1, -0.05) is 0 Å². The second-order valence-electron chi connectivity index (χ2n) is 5.10. The molecular weight excluding hydrogens is 280 g/mol. The van der Waals surface area contributed by atoms with E-state index >= 15 is 0 Å². The maximum Gasteiger partial charge on any atom is 0.0897 e. The molecule has 1 unspecified atom stereocenters. The van der Waals surface area contributed by atoms with E-state index in [0.717, 1.165) is 12.1 Å². The highest BCUT2D eigenvalue weighted by molar-refractivity contribution is 7.09. The molecule has 0 bridgehead atoms. The lowest BCUT2D eigenvalue weighted by molar-refractivity contribution is 0.0259. The molecule has 1 atom stereocenters. The van der Waals surface area contributed by atoms with Gasteiger partial charge in [-0.3, -0.25) is 0 Å². The van der Waals surface area contributed by atoms with E-state index in [1.54, 1.807) is 18.3 Å². The number of nitrogens with zero attached hydrogens (tertiary/aromatic N) is 1. The van der Waals surface area contributed by atoms with Crippen molar-refractivity contribution in [3.8, 4) is 0 Å². The molecule has 20 heavy (non-hydrogen) atoms. The van der Waals surface area contributed by atoms with Crippen LogP contribution in [-0.2, 0) is 11.2 Å². The Balaban J connectivity index is 2.14. The van der Waals surface area contributed by atoms with Crippen LogP contribution in [0.2, 0.25) is 0 Å². The molecule has 0 saturated heterocycles. The molecule has 7 heteroatoms. The standard InChI is InChI=1S/C13H24N2O4S/c1-10-12(20-9-14-10)3-4-19-6-11(18)5-15-13(2,7-16)8-17/h9,11,15-18H,3-8H2,1-2H3. The number of ether oxygens (including phenoxy) is 1. The number of nitrogens with one attached hydrogen (secondary N) is 1. The van der Waals surface area contributed by atoms with Gasteiger partial charge in [0.2, 0.25) is 0 Å². The minimum atomic E-state index is -0.777. The zero-order valence-electron chi connectivity index (χ0n) is 12.0. The van der Waals surface area contributed by atoms with Crippen molar-refractivity contribution in [1.29, 1.82) is 0 Å². The molecule has 1 aromatic rings. The van der Waals surface area contributed by atoms with E-state index in [0.29, 0.717) is 6.61 Å². The normalized spacial score (nSPS) is 13.7. The van der Waals surface area contributed by atoms with Crippen molar-refractivity contribution in [2.45, 2.75) is 31.9 Å². The van der Waals surface area contributed by atoms with Gasteiger partial charge in [0.25, 0.3) is 0 Å². The Hall–Kier alpha value is -0.570. The lowest BCUT2D eigenvalue weighted by Crippen LogP contribution is -2.52. The first kappa shape index (κ1) is 17.5.